The van der Waals surface area contributed by atoms with Crippen LogP contribution in [0.5, 0.6) is 5.75 Å². The lowest BCUT2D eigenvalue weighted by molar-refractivity contribution is -0.127. The van der Waals surface area contributed by atoms with Gasteiger partial charge in [0.1, 0.15) is 5.75 Å². The zero-order valence-electron chi connectivity index (χ0n) is 17.1. The molecule has 1 saturated heterocycles. The van der Waals surface area contributed by atoms with Crippen LogP contribution in [0.3, 0.4) is 0 Å². The fourth-order valence-electron chi connectivity index (χ4n) is 4.36. The molecule has 2 aliphatic heterocycles. The van der Waals surface area contributed by atoms with E-state index in [1.807, 2.05) is 29.2 Å². The molecule has 1 aromatic rings. The Morgan fingerprint density at radius 2 is 1.90 bits per heavy atom. The van der Waals surface area contributed by atoms with Gasteiger partial charge in [0, 0.05) is 19.6 Å². The van der Waals surface area contributed by atoms with Gasteiger partial charge in [-0.05, 0) is 37.0 Å². The van der Waals surface area contributed by atoms with Gasteiger partial charge in [-0.3, -0.25) is 10.1 Å². The number of carbonyl (C=O) groups excluding carboxylic acids is 2. The van der Waals surface area contributed by atoms with Gasteiger partial charge in [0.25, 0.3) is 5.91 Å². The molecule has 2 N–H and O–H groups in total. The predicted octanol–water partition coefficient (Wildman–Crippen LogP) is 1.71. The van der Waals surface area contributed by atoms with Crippen molar-refractivity contribution in [2.75, 3.05) is 20.7 Å². The van der Waals surface area contributed by atoms with Gasteiger partial charge < -0.3 is 19.9 Å². The molecular weight excluding hydrogens is 370 g/mol. The number of rotatable bonds is 5. The Morgan fingerprint density at radius 3 is 2.59 bits per heavy atom. The maximum absolute atomic E-state index is 12.7. The number of amides is 3. The molecule has 1 aromatic carbocycles. The molecule has 3 amide bonds. The summed E-state index contributed by atoms with van der Waals surface area (Å²) in [5.41, 5.74) is 1.16. The number of ether oxygens (including phenoxy) is 1. The van der Waals surface area contributed by atoms with Crippen LogP contribution in [-0.4, -0.2) is 66.6 Å². The summed E-state index contributed by atoms with van der Waals surface area (Å²) in [6.07, 6.45) is 6.20. The van der Waals surface area contributed by atoms with Crippen LogP contribution in [0.4, 0.5) is 4.79 Å². The van der Waals surface area contributed by atoms with Crippen molar-refractivity contribution in [3.63, 3.8) is 0 Å². The molecule has 8 nitrogen and oxygen atoms in total. The number of carbonyl (C=O) groups is 2. The minimum atomic E-state index is -0.498. The zero-order valence-corrected chi connectivity index (χ0v) is 17.1. The van der Waals surface area contributed by atoms with E-state index in [1.54, 1.807) is 14.2 Å². The Labute approximate surface area is 171 Å². The van der Waals surface area contributed by atoms with Crippen LogP contribution in [0.25, 0.3) is 0 Å². The number of nitrogens with zero attached hydrogens (tertiary/aromatic N) is 3. The molecule has 2 atom stereocenters. The number of hydrogen-bond donors (Lipinski definition) is 2. The smallest absolute Gasteiger partial charge is 0.325 e. The molecule has 3 aliphatic rings. The molecule has 2 unspecified atom stereocenters. The summed E-state index contributed by atoms with van der Waals surface area (Å²) in [6.45, 7) is 0.640. The van der Waals surface area contributed by atoms with Gasteiger partial charge in [-0.2, -0.15) is 0 Å². The third kappa shape index (κ3) is 4.02. The summed E-state index contributed by atoms with van der Waals surface area (Å²) in [5, 5.41) is 6.03. The normalized spacial score (nSPS) is 24.8. The summed E-state index contributed by atoms with van der Waals surface area (Å²) in [4.78, 5) is 33.0. The van der Waals surface area contributed by atoms with Crippen LogP contribution in [0, 0.1) is 0 Å². The van der Waals surface area contributed by atoms with Gasteiger partial charge in [-0.1, -0.05) is 31.4 Å². The van der Waals surface area contributed by atoms with Crippen molar-refractivity contribution in [2.24, 2.45) is 4.99 Å². The van der Waals surface area contributed by atoms with Gasteiger partial charge in [-0.25, -0.2) is 9.79 Å². The highest BCUT2D eigenvalue weighted by atomic mass is 16.5. The first-order valence-corrected chi connectivity index (χ1v) is 10.4. The van der Waals surface area contributed by atoms with E-state index in [2.05, 4.69) is 10.6 Å². The zero-order chi connectivity index (χ0) is 20.4. The van der Waals surface area contributed by atoms with Crippen molar-refractivity contribution >= 4 is 17.9 Å². The van der Waals surface area contributed by atoms with E-state index >= 15 is 0 Å². The molecule has 0 bridgehead atoms. The summed E-state index contributed by atoms with van der Waals surface area (Å²) in [6, 6.07) is 7.43. The van der Waals surface area contributed by atoms with Crippen LogP contribution in [-0.2, 0) is 11.2 Å². The molecule has 29 heavy (non-hydrogen) atoms. The van der Waals surface area contributed by atoms with Crippen LogP contribution in [0.1, 0.15) is 37.7 Å². The Kier molecular flexibility index (Phi) is 5.60. The lowest BCUT2D eigenvalue weighted by Gasteiger charge is -2.36. The fraction of sp³-hybridized carbons (Fsp3) is 0.571. The van der Waals surface area contributed by atoms with E-state index in [9.17, 15) is 9.59 Å². The van der Waals surface area contributed by atoms with Crippen molar-refractivity contribution in [1.82, 2.24) is 20.4 Å². The van der Waals surface area contributed by atoms with Gasteiger partial charge >= 0.3 is 6.03 Å². The molecule has 1 aliphatic carbocycles. The molecule has 2 fully saturated rings. The van der Waals surface area contributed by atoms with Crippen molar-refractivity contribution in [1.29, 1.82) is 0 Å². The van der Waals surface area contributed by atoms with Crippen LogP contribution >= 0.6 is 0 Å². The minimum Gasteiger partial charge on any atom is -0.497 e. The fourth-order valence-corrected chi connectivity index (χ4v) is 4.36. The third-order valence-corrected chi connectivity index (χ3v) is 6.10. The van der Waals surface area contributed by atoms with Crippen molar-refractivity contribution in [2.45, 2.75) is 56.8 Å². The monoisotopic (exact) mass is 399 g/mol. The van der Waals surface area contributed by atoms with Crippen molar-refractivity contribution in [3.05, 3.63) is 29.8 Å². The second kappa shape index (κ2) is 8.31. The number of urea groups is 1. The molecular formula is C21H29N5O3. The highest BCUT2D eigenvalue weighted by Gasteiger charge is 2.48. The second-order valence-corrected chi connectivity index (χ2v) is 7.99. The van der Waals surface area contributed by atoms with Crippen LogP contribution in [0.15, 0.2) is 29.3 Å². The van der Waals surface area contributed by atoms with E-state index in [0.717, 1.165) is 36.5 Å². The molecule has 0 spiro atoms. The average Bonchev–Trinajstić information content (AvgIpc) is 3.10. The third-order valence-electron chi connectivity index (χ3n) is 6.10. The number of imide groups is 1. The molecule has 1 saturated carbocycles. The van der Waals surface area contributed by atoms with Gasteiger partial charge in [-0.15, -0.1) is 0 Å². The van der Waals surface area contributed by atoms with Gasteiger partial charge in [0.05, 0.1) is 7.11 Å². The number of hydrogen-bond acceptors (Lipinski definition) is 6. The summed E-state index contributed by atoms with van der Waals surface area (Å²) in [5.74, 6) is 1.28. The van der Waals surface area contributed by atoms with Crippen LogP contribution in [0.2, 0.25) is 0 Å². The highest BCUT2D eigenvalue weighted by Crippen LogP contribution is 2.25. The van der Waals surface area contributed by atoms with Gasteiger partial charge in [0.15, 0.2) is 18.2 Å². The van der Waals surface area contributed by atoms with Crippen LogP contribution < -0.4 is 15.4 Å². The molecule has 0 aromatic heterocycles. The van der Waals surface area contributed by atoms with E-state index in [4.69, 9.17) is 9.73 Å². The van der Waals surface area contributed by atoms with E-state index in [-0.39, 0.29) is 5.91 Å². The lowest BCUT2D eigenvalue weighted by atomic mass is 9.96. The number of guanidine groups is 1. The summed E-state index contributed by atoms with van der Waals surface area (Å²) >= 11 is 0. The molecule has 8 heteroatoms. The first-order valence-electron chi connectivity index (χ1n) is 10.4. The maximum Gasteiger partial charge on any atom is 0.325 e. The molecule has 156 valence electrons. The first kappa shape index (κ1) is 19.5. The van der Waals surface area contributed by atoms with E-state index < -0.39 is 18.2 Å². The standard InChI is InChI=1S/C21H29N5O3/c1-25-18-17(19(27)24-21(25)28)26(13-12-14-8-10-16(29-2)11-9-14)20(23-18)22-15-6-4-3-5-7-15/h8-11,15,17-18H,3-7,12-13H2,1-2H3,(H,22,23)(H,24,27,28). The summed E-state index contributed by atoms with van der Waals surface area (Å²) in [7, 11) is 3.34. The Bertz CT molecular complexity index is 788. The SMILES string of the molecule is COc1ccc(CCN2C(NC3CCCCC3)=NC3C2C(=O)NC(=O)N3C)cc1. The van der Waals surface area contributed by atoms with Gasteiger partial charge in [0.2, 0.25) is 0 Å². The summed E-state index contributed by atoms with van der Waals surface area (Å²) < 4.78 is 5.23. The number of likely N-dealkylation sites (N-methyl/N-ethyl adjacent to an activating group) is 1. The van der Waals surface area contributed by atoms with E-state index in [1.165, 1.54) is 24.2 Å². The number of nitrogens with one attached hydrogen (secondary N) is 2. The minimum absolute atomic E-state index is 0.281. The second-order valence-electron chi connectivity index (χ2n) is 7.99. The maximum atomic E-state index is 12.7. The lowest BCUT2D eigenvalue weighted by Crippen LogP contribution is -2.64. The Balaban J connectivity index is 1.52. The van der Waals surface area contributed by atoms with Crippen molar-refractivity contribution in [3.8, 4) is 5.75 Å². The largest absolute Gasteiger partial charge is 0.497 e. The number of aliphatic imine (C=N–C) groups is 1. The molecule has 2 heterocycles. The first-order chi connectivity index (χ1) is 14.1. The Morgan fingerprint density at radius 1 is 1.17 bits per heavy atom. The quantitative estimate of drug-likeness (QED) is 0.787. The number of methoxy groups -OCH3 is 1. The average molecular weight is 399 g/mol. The van der Waals surface area contributed by atoms with E-state index in [0.29, 0.717) is 12.6 Å². The predicted molar refractivity (Wildman–Crippen MR) is 110 cm³/mol. The molecule has 4 rings (SSSR count). The topological polar surface area (TPSA) is 86.3 Å². The van der Waals surface area contributed by atoms with Crippen molar-refractivity contribution < 1.29 is 14.3 Å². The highest BCUT2D eigenvalue weighted by molar-refractivity contribution is 6.03. The number of benzene rings is 1. The molecule has 0 radical (unpaired) electrons. The number of fused-ring (bicyclic) bond motifs is 1. The Hall–Kier alpha value is -2.77.